The molecule has 1 aliphatic carbocycles. The van der Waals surface area contributed by atoms with Crippen molar-refractivity contribution in [1.29, 1.82) is 0 Å². The van der Waals surface area contributed by atoms with Crippen LogP contribution >= 0.6 is 0 Å². The maximum atomic E-state index is 12.4. The van der Waals surface area contributed by atoms with E-state index in [-0.39, 0.29) is 11.9 Å². The van der Waals surface area contributed by atoms with Crippen molar-refractivity contribution in [3.8, 4) is 5.75 Å². The Morgan fingerprint density at radius 3 is 2.54 bits per heavy atom. The zero-order valence-corrected chi connectivity index (χ0v) is 14.5. The van der Waals surface area contributed by atoms with Crippen LogP contribution in [0.2, 0.25) is 0 Å². The first-order valence-corrected chi connectivity index (χ1v) is 8.74. The van der Waals surface area contributed by atoms with E-state index in [0.717, 1.165) is 24.2 Å². The first kappa shape index (κ1) is 16.6. The molecule has 0 radical (unpaired) electrons. The molecule has 1 N–H and O–H groups in total. The lowest BCUT2D eigenvalue weighted by Gasteiger charge is -2.18. The summed E-state index contributed by atoms with van der Waals surface area (Å²) in [6.07, 6.45) is 4.70. The monoisotopic (exact) mass is 323 g/mol. The van der Waals surface area contributed by atoms with Crippen LogP contribution in [0.25, 0.3) is 0 Å². The number of hydrogen-bond acceptors (Lipinski definition) is 2. The zero-order chi connectivity index (χ0) is 16.9. The van der Waals surface area contributed by atoms with Crippen LogP contribution in [0, 0.1) is 6.92 Å². The van der Waals surface area contributed by atoms with Crippen molar-refractivity contribution in [2.45, 2.75) is 45.6 Å². The second-order valence-electron chi connectivity index (χ2n) is 6.69. The van der Waals surface area contributed by atoms with Gasteiger partial charge in [-0.15, -0.1) is 0 Å². The molecule has 0 saturated heterocycles. The summed E-state index contributed by atoms with van der Waals surface area (Å²) in [5, 5.41) is 3.02. The van der Waals surface area contributed by atoms with E-state index in [4.69, 9.17) is 4.74 Å². The van der Waals surface area contributed by atoms with E-state index in [1.54, 1.807) is 0 Å². The number of hydrogen-bond donors (Lipinski definition) is 1. The molecule has 3 nitrogen and oxygen atoms in total. The minimum Gasteiger partial charge on any atom is -0.491 e. The van der Waals surface area contributed by atoms with E-state index in [2.05, 4.69) is 17.4 Å². The van der Waals surface area contributed by atoms with Crippen molar-refractivity contribution in [2.24, 2.45) is 0 Å². The quantitative estimate of drug-likeness (QED) is 0.901. The third-order valence-corrected chi connectivity index (χ3v) is 4.51. The number of nitrogens with one attached hydrogen (secondary N) is 1. The molecule has 1 amide bonds. The summed E-state index contributed by atoms with van der Waals surface area (Å²) in [7, 11) is 0. The number of benzene rings is 2. The van der Waals surface area contributed by atoms with Gasteiger partial charge in [-0.25, -0.2) is 0 Å². The lowest BCUT2D eigenvalue weighted by molar-refractivity contribution is 0.0926. The average Bonchev–Trinajstić information content (AvgIpc) is 2.61. The van der Waals surface area contributed by atoms with Crippen molar-refractivity contribution in [1.82, 2.24) is 5.32 Å². The molecule has 1 unspecified atom stereocenters. The highest BCUT2D eigenvalue weighted by molar-refractivity contribution is 5.94. The molecular weight excluding hydrogens is 298 g/mol. The van der Waals surface area contributed by atoms with Gasteiger partial charge in [0.2, 0.25) is 0 Å². The van der Waals surface area contributed by atoms with Gasteiger partial charge in [0, 0.05) is 5.56 Å². The Labute approximate surface area is 144 Å². The Bertz CT molecular complexity index is 706. The lowest BCUT2D eigenvalue weighted by Crippen LogP contribution is -2.36. The molecule has 0 aliphatic heterocycles. The predicted octanol–water partition coefficient (Wildman–Crippen LogP) is 4.07. The van der Waals surface area contributed by atoms with Crippen LogP contribution in [0.3, 0.4) is 0 Å². The maximum Gasteiger partial charge on any atom is 0.251 e. The first-order chi connectivity index (χ1) is 11.6. The highest BCUT2D eigenvalue weighted by atomic mass is 16.5. The molecule has 1 atom stereocenters. The fourth-order valence-corrected chi connectivity index (χ4v) is 3.08. The number of rotatable bonds is 5. The van der Waals surface area contributed by atoms with Crippen molar-refractivity contribution in [2.75, 3.05) is 6.61 Å². The Morgan fingerprint density at radius 2 is 1.79 bits per heavy atom. The Hall–Kier alpha value is -2.29. The van der Waals surface area contributed by atoms with E-state index < -0.39 is 0 Å². The summed E-state index contributed by atoms with van der Waals surface area (Å²) < 4.78 is 5.74. The van der Waals surface area contributed by atoms with Crippen LogP contribution in [0.4, 0.5) is 0 Å². The molecule has 126 valence electrons. The maximum absolute atomic E-state index is 12.4. The molecule has 0 spiro atoms. The fourth-order valence-electron chi connectivity index (χ4n) is 3.08. The van der Waals surface area contributed by atoms with Gasteiger partial charge >= 0.3 is 0 Å². The number of carbonyl (C=O) groups is 1. The van der Waals surface area contributed by atoms with Gasteiger partial charge in [-0.2, -0.15) is 0 Å². The van der Waals surface area contributed by atoms with Crippen molar-refractivity contribution < 1.29 is 9.53 Å². The van der Waals surface area contributed by atoms with Crippen LogP contribution in [0.5, 0.6) is 5.75 Å². The third-order valence-electron chi connectivity index (χ3n) is 4.51. The normalized spacial score (nSPS) is 14.6. The lowest BCUT2D eigenvalue weighted by atomic mass is 9.90. The molecular formula is C21H25NO2. The van der Waals surface area contributed by atoms with E-state index in [1.807, 2.05) is 44.2 Å². The second kappa shape index (κ2) is 7.52. The number of fused-ring (bicyclic) bond motifs is 1. The Kier molecular flexibility index (Phi) is 5.19. The zero-order valence-electron chi connectivity index (χ0n) is 14.5. The van der Waals surface area contributed by atoms with E-state index in [1.165, 1.54) is 29.5 Å². The van der Waals surface area contributed by atoms with Gasteiger partial charge in [0.05, 0.1) is 6.04 Å². The first-order valence-electron chi connectivity index (χ1n) is 8.74. The molecule has 0 aromatic heterocycles. The summed E-state index contributed by atoms with van der Waals surface area (Å²) in [5.41, 5.74) is 4.68. The van der Waals surface area contributed by atoms with E-state index in [9.17, 15) is 4.79 Å². The predicted molar refractivity (Wildman–Crippen MR) is 96.7 cm³/mol. The van der Waals surface area contributed by atoms with Crippen LogP contribution < -0.4 is 10.1 Å². The summed E-state index contributed by atoms with van der Waals surface area (Å²) in [4.78, 5) is 12.4. The van der Waals surface area contributed by atoms with E-state index >= 15 is 0 Å². The minimum absolute atomic E-state index is 0.0246. The van der Waals surface area contributed by atoms with Gasteiger partial charge in [-0.05, 0) is 74.9 Å². The Morgan fingerprint density at radius 1 is 1.08 bits per heavy atom. The van der Waals surface area contributed by atoms with Gasteiger partial charge in [-0.1, -0.05) is 23.8 Å². The van der Waals surface area contributed by atoms with Crippen LogP contribution in [0.15, 0.2) is 42.5 Å². The van der Waals surface area contributed by atoms with Gasteiger partial charge in [0.25, 0.3) is 5.91 Å². The number of amides is 1. The third kappa shape index (κ3) is 4.16. The molecule has 0 fully saturated rings. The molecule has 0 bridgehead atoms. The summed E-state index contributed by atoms with van der Waals surface area (Å²) in [6, 6.07) is 14.0. The molecule has 2 aromatic carbocycles. The molecule has 3 heteroatoms. The van der Waals surface area contributed by atoms with Gasteiger partial charge in [-0.3, -0.25) is 4.79 Å². The summed E-state index contributed by atoms with van der Waals surface area (Å²) in [5.74, 6) is 0.804. The van der Waals surface area contributed by atoms with Gasteiger partial charge in [0.15, 0.2) is 0 Å². The van der Waals surface area contributed by atoms with Crippen molar-refractivity contribution >= 4 is 5.91 Å². The highest BCUT2D eigenvalue weighted by Crippen LogP contribution is 2.22. The second-order valence-corrected chi connectivity index (χ2v) is 6.69. The van der Waals surface area contributed by atoms with Crippen LogP contribution in [-0.2, 0) is 12.8 Å². The molecule has 24 heavy (non-hydrogen) atoms. The van der Waals surface area contributed by atoms with Gasteiger partial charge in [0.1, 0.15) is 12.4 Å². The molecule has 3 rings (SSSR count). The van der Waals surface area contributed by atoms with Gasteiger partial charge < -0.3 is 10.1 Å². The van der Waals surface area contributed by atoms with Crippen molar-refractivity contribution in [3.63, 3.8) is 0 Å². The molecule has 2 aromatic rings. The smallest absolute Gasteiger partial charge is 0.251 e. The number of ether oxygens (including phenoxy) is 1. The highest BCUT2D eigenvalue weighted by Gasteiger charge is 2.14. The summed E-state index contributed by atoms with van der Waals surface area (Å²) >= 11 is 0. The summed E-state index contributed by atoms with van der Waals surface area (Å²) in [6.45, 7) is 4.47. The number of carbonyl (C=O) groups excluding carboxylic acids is 1. The average molecular weight is 323 g/mol. The molecule has 0 saturated carbocycles. The SMILES string of the molecule is Cc1ccc(OCC(C)NC(=O)c2ccc3c(c2)CCCC3)cc1. The standard InChI is InChI=1S/C21H25NO2/c1-15-7-11-20(12-8-15)24-14-16(2)22-21(23)19-10-9-17-5-3-4-6-18(17)13-19/h7-13,16H,3-6,14H2,1-2H3,(H,22,23). The molecule has 0 heterocycles. The minimum atomic E-state index is -0.0464. The Balaban J connectivity index is 1.55. The molecule has 1 aliphatic rings. The number of aryl methyl sites for hydroxylation is 3. The topological polar surface area (TPSA) is 38.3 Å². The van der Waals surface area contributed by atoms with Crippen molar-refractivity contribution in [3.05, 3.63) is 64.7 Å². The van der Waals surface area contributed by atoms with E-state index in [0.29, 0.717) is 6.61 Å². The van der Waals surface area contributed by atoms with Crippen LogP contribution in [-0.4, -0.2) is 18.6 Å². The van der Waals surface area contributed by atoms with Crippen LogP contribution in [0.1, 0.15) is 46.8 Å². The largest absolute Gasteiger partial charge is 0.491 e. The fraction of sp³-hybridized carbons (Fsp3) is 0.381.